The lowest BCUT2D eigenvalue weighted by Gasteiger charge is -2.33. The van der Waals surface area contributed by atoms with Crippen LogP contribution in [0.2, 0.25) is 5.02 Å². The molecule has 3 aliphatic heterocycles. The van der Waals surface area contributed by atoms with Gasteiger partial charge in [0, 0.05) is 29.8 Å². The largest absolute Gasteiger partial charge is 0.492 e. The summed E-state index contributed by atoms with van der Waals surface area (Å²) in [5.41, 5.74) is 6.60. The second-order valence-electron chi connectivity index (χ2n) is 15.8. The molecule has 7 rings (SSSR count). The number of anilines is 4. The van der Waals surface area contributed by atoms with Crippen LogP contribution < -0.4 is 20.7 Å². The minimum absolute atomic E-state index is 0.111. The fourth-order valence-electron chi connectivity index (χ4n) is 8.15. The second-order valence-corrected chi connectivity index (χ2v) is 18.7. The molecule has 0 radical (unpaired) electrons. The highest BCUT2D eigenvalue weighted by Crippen LogP contribution is 2.38. The molecule has 1 aromatic heterocycles. The molecule has 0 aliphatic carbocycles. The molecule has 2 saturated heterocycles. The number of piperidine rings is 2. The van der Waals surface area contributed by atoms with Crippen molar-refractivity contribution < 1.29 is 22.7 Å². The van der Waals surface area contributed by atoms with Gasteiger partial charge in [0.1, 0.15) is 16.8 Å². The Morgan fingerprint density at radius 2 is 1.83 bits per heavy atom. The van der Waals surface area contributed by atoms with E-state index in [9.17, 15) is 18.0 Å². The van der Waals surface area contributed by atoms with Crippen LogP contribution in [0.25, 0.3) is 0 Å². The molecule has 0 spiro atoms. The summed E-state index contributed by atoms with van der Waals surface area (Å²) in [6, 6.07) is 16.1. The van der Waals surface area contributed by atoms with E-state index in [0.29, 0.717) is 54.6 Å². The van der Waals surface area contributed by atoms with Gasteiger partial charge in [-0.05, 0) is 138 Å². The van der Waals surface area contributed by atoms with Crippen molar-refractivity contribution in [2.75, 3.05) is 36.9 Å². The molecule has 4 aromatic rings. The van der Waals surface area contributed by atoms with Crippen LogP contribution in [0.5, 0.6) is 5.75 Å². The number of likely N-dealkylation sites (tertiary alicyclic amines) is 1. The maximum Gasteiger partial charge on any atom is 0.255 e. The van der Waals surface area contributed by atoms with Gasteiger partial charge in [-0.1, -0.05) is 48.2 Å². The lowest BCUT2D eigenvalue weighted by Crippen LogP contribution is -2.49. The van der Waals surface area contributed by atoms with Crippen molar-refractivity contribution in [3.63, 3.8) is 0 Å². The van der Waals surface area contributed by atoms with Crippen LogP contribution in [0, 0.1) is 18.8 Å². The quantitative estimate of drug-likeness (QED) is 0.0888. The number of benzene rings is 3. The molecule has 3 aromatic carbocycles. The minimum Gasteiger partial charge on any atom is -0.492 e. The first-order chi connectivity index (χ1) is 28.8. The first kappa shape index (κ1) is 42.7. The number of hydrogen-bond donors (Lipinski definition) is 3. The number of carbonyl (C=O) groups is 2. The van der Waals surface area contributed by atoms with Crippen LogP contribution in [0.1, 0.15) is 97.8 Å². The highest BCUT2D eigenvalue weighted by molar-refractivity contribution is 7.92. The number of fused-ring (bicyclic) bond motifs is 1. The van der Waals surface area contributed by atoms with E-state index >= 15 is 0 Å². The van der Waals surface area contributed by atoms with E-state index in [4.69, 9.17) is 16.3 Å². The summed E-state index contributed by atoms with van der Waals surface area (Å²) < 4.78 is 32.3. The molecule has 0 saturated carbocycles. The van der Waals surface area contributed by atoms with Gasteiger partial charge in [-0.3, -0.25) is 9.59 Å². The van der Waals surface area contributed by atoms with Gasteiger partial charge in [0.25, 0.3) is 5.91 Å². The van der Waals surface area contributed by atoms with Crippen molar-refractivity contribution in [2.45, 2.75) is 94.9 Å². The van der Waals surface area contributed by atoms with Crippen molar-refractivity contribution >= 4 is 56.4 Å². The van der Waals surface area contributed by atoms with E-state index in [2.05, 4.69) is 68.3 Å². The Bertz CT molecular complexity index is 2470. The average Bonchev–Trinajstić information content (AvgIpc) is 3.56. The zero-order valence-corrected chi connectivity index (χ0v) is 36.2. The zero-order valence-electron chi connectivity index (χ0n) is 34.6. The highest BCUT2D eigenvalue weighted by Gasteiger charge is 2.39. The molecular weight excluding hydrogens is 798 g/mol. The van der Waals surface area contributed by atoms with E-state index in [0.717, 1.165) is 67.7 Å². The van der Waals surface area contributed by atoms with Crippen molar-refractivity contribution in [1.82, 2.24) is 25.1 Å². The predicted octanol–water partition coefficient (Wildman–Crippen LogP) is 8.27. The number of sulfone groups is 1. The Kier molecular flexibility index (Phi) is 13.1. The normalized spacial score (nSPS) is 17.3. The number of hydrogen-bond acceptors (Lipinski definition) is 10. The van der Waals surface area contributed by atoms with Crippen LogP contribution in [0.15, 0.2) is 78.0 Å². The number of allylic oxidation sites excluding steroid dienone is 1. The molecule has 1 unspecified atom stereocenters. The van der Waals surface area contributed by atoms with Crippen LogP contribution in [0.3, 0.4) is 0 Å². The molecule has 3 aliphatic rings. The van der Waals surface area contributed by atoms with Gasteiger partial charge in [-0.25, -0.2) is 13.4 Å². The van der Waals surface area contributed by atoms with E-state index in [1.807, 2.05) is 25.1 Å². The fraction of sp³-hybridized carbons (Fsp3) is 0.391. The number of amides is 2. The van der Waals surface area contributed by atoms with Crippen molar-refractivity contribution in [1.29, 1.82) is 0 Å². The fourth-order valence-corrected chi connectivity index (χ4v) is 9.49. The van der Waals surface area contributed by atoms with E-state index in [-0.39, 0.29) is 33.5 Å². The number of rotatable bonds is 13. The topological polar surface area (TPSA) is 146 Å². The van der Waals surface area contributed by atoms with E-state index in [1.54, 1.807) is 43.0 Å². The van der Waals surface area contributed by atoms with Gasteiger partial charge >= 0.3 is 0 Å². The van der Waals surface area contributed by atoms with Crippen LogP contribution >= 0.6 is 11.6 Å². The van der Waals surface area contributed by atoms with Crippen LogP contribution in [0.4, 0.5) is 23.1 Å². The lowest BCUT2D eigenvalue weighted by atomic mass is 9.86. The summed E-state index contributed by atoms with van der Waals surface area (Å²) in [5.74, 6) is 8.04. The number of halogens is 1. The summed E-state index contributed by atoms with van der Waals surface area (Å²) in [6.07, 6.45) is 6.48. The molecule has 14 heteroatoms. The Hall–Kier alpha value is -5.42. The molecular formula is C46H52ClN7O5S. The third-order valence-corrected chi connectivity index (χ3v) is 13.9. The first-order valence-electron chi connectivity index (χ1n) is 20.6. The number of para-hydroxylation sites is 1. The average molecular weight is 850 g/mol. The number of aryl methyl sites for hydroxylation is 1. The summed E-state index contributed by atoms with van der Waals surface area (Å²) in [5, 5.41) is 8.87. The third kappa shape index (κ3) is 9.31. The first-order valence-corrected chi connectivity index (χ1v) is 22.6. The van der Waals surface area contributed by atoms with Gasteiger partial charge in [0.05, 0.1) is 34.3 Å². The van der Waals surface area contributed by atoms with Crippen molar-refractivity contribution in [3.8, 4) is 17.6 Å². The smallest absolute Gasteiger partial charge is 0.255 e. The molecule has 4 heterocycles. The summed E-state index contributed by atoms with van der Waals surface area (Å²) in [7, 11) is -3.56. The third-order valence-electron chi connectivity index (χ3n) is 11.4. The summed E-state index contributed by atoms with van der Waals surface area (Å²) in [4.78, 5) is 39.2. The Morgan fingerprint density at radius 1 is 1.05 bits per heavy atom. The maximum atomic E-state index is 13.2. The standard InChI is InChI=1S/C46H52ClN7O5S/c1-6-59-41-26-35(30(4)25-39(41)51-46-48-27-37(47)43(52-46)50-38-16-9-10-17-42(38)60(57,58)29(2)3)33-20-23-53(24-21-33)22-11-7-8-13-32-14-12-15-34-36(32)28-54(45(34)56)40-19-18-31(5)49-44(40)55/h9-10,12,14-17,25-27,29,33,40H,5-7,11,18-24,28H2,1-4H3,(H,49,55)(H2,48,50,51,52). The molecule has 12 nitrogen and oxygen atoms in total. The number of aromatic nitrogens is 2. The SMILES string of the molecule is C=C1CCC(N2Cc3c(C#CCCCN4CCC(c5cc(OCC)c(Nc6ncc(Cl)c(Nc7ccccc7S(=O)(=O)C(C)C)n6)cc5C)CC4)cccc3C2=O)C(=O)N1. The highest BCUT2D eigenvalue weighted by atomic mass is 35.5. The lowest BCUT2D eigenvalue weighted by molar-refractivity contribution is -0.126. The number of carbonyl (C=O) groups excluding carboxylic acids is 2. The molecule has 60 heavy (non-hydrogen) atoms. The molecule has 1 atom stereocenters. The molecule has 314 valence electrons. The Morgan fingerprint density at radius 3 is 2.58 bits per heavy atom. The summed E-state index contributed by atoms with van der Waals surface area (Å²) >= 11 is 6.50. The number of ether oxygens (including phenoxy) is 1. The molecule has 2 fully saturated rings. The predicted molar refractivity (Wildman–Crippen MR) is 236 cm³/mol. The van der Waals surface area contributed by atoms with Crippen molar-refractivity contribution in [2.24, 2.45) is 0 Å². The summed E-state index contributed by atoms with van der Waals surface area (Å²) in [6.45, 7) is 15.0. The minimum atomic E-state index is -3.56. The van der Waals surface area contributed by atoms with Crippen LogP contribution in [-0.4, -0.2) is 77.5 Å². The van der Waals surface area contributed by atoms with Gasteiger partial charge in [-0.2, -0.15) is 4.98 Å². The second kappa shape index (κ2) is 18.5. The van der Waals surface area contributed by atoms with Gasteiger partial charge in [0.15, 0.2) is 15.7 Å². The number of unbranched alkanes of at least 4 members (excludes halogenated alkanes) is 1. The Labute approximate surface area is 358 Å². The monoisotopic (exact) mass is 849 g/mol. The Balaban J connectivity index is 0.943. The number of nitrogens with zero attached hydrogens (tertiary/aromatic N) is 4. The van der Waals surface area contributed by atoms with E-state index < -0.39 is 21.1 Å². The van der Waals surface area contributed by atoms with Gasteiger partial charge in [0.2, 0.25) is 11.9 Å². The zero-order chi connectivity index (χ0) is 42.6. The van der Waals surface area contributed by atoms with E-state index in [1.165, 1.54) is 11.8 Å². The van der Waals surface area contributed by atoms with Crippen molar-refractivity contribution in [3.05, 3.63) is 106 Å². The molecule has 3 N–H and O–H groups in total. The van der Waals surface area contributed by atoms with Crippen LogP contribution in [-0.2, 0) is 21.2 Å². The maximum absolute atomic E-state index is 13.2. The van der Waals surface area contributed by atoms with Gasteiger partial charge < -0.3 is 30.5 Å². The van der Waals surface area contributed by atoms with Gasteiger partial charge in [-0.15, -0.1) is 0 Å². The number of nitrogens with one attached hydrogen (secondary N) is 3. The molecule has 0 bridgehead atoms. The molecule has 2 amide bonds.